The second kappa shape index (κ2) is 11.3. The topological polar surface area (TPSA) is 71.2 Å². The van der Waals surface area contributed by atoms with Gasteiger partial charge in [-0.25, -0.2) is 4.79 Å². The molecule has 0 saturated heterocycles. The SMILES string of the molecule is CCC(CC)(CC)C(=O)Nc1[nH]cc(C(C)C)c1C(=O)OC1C(C(C)(C)C)CC(C)CC1C(C)(C)C. The van der Waals surface area contributed by atoms with Crippen LogP contribution >= 0.6 is 0 Å². The highest BCUT2D eigenvalue weighted by Crippen LogP contribution is 2.50. The minimum atomic E-state index is -0.446. The average Bonchev–Trinajstić information content (AvgIpc) is 3.18. The highest BCUT2D eigenvalue weighted by Gasteiger charge is 2.48. The Morgan fingerprint density at radius 3 is 1.83 bits per heavy atom. The average molecular weight is 503 g/mol. The first-order valence-electron chi connectivity index (χ1n) is 14.3. The Hall–Kier alpha value is -1.78. The summed E-state index contributed by atoms with van der Waals surface area (Å²) >= 11 is 0. The smallest absolute Gasteiger partial charge is 0.342 e. The van der Waals surface area contributed by atoms with Crippen LogP contribution in [0, 0.1) is 34.0 Å². The molecule has 0 radical (unpaired) electrons. The highest BCUT2D eigenvalue weighted by atomic mass is 16.5. The van der Waals surface area contributed by atoms with Gasteiger partial charge in [0.25, 0.3) is 0 Å². The molecule has 1 fully saturated rings. The lowest BCUT2D eigenvalue weighted by Gasteiger charge is -2.50. The Morgan fingerprint density at radius 1 is 0.972 bits per heavy atom. The summed E-state index contributed by atoms with van der Waals surface area (Å²) in [5.41, 5.74) is 0.951. The molecule has 2 atom stereocenters. The van der Waals surface area contributed by atoms with Crippen molar-refractivity contribution in [3.63, 3.8) is 0 Å². The van der Waals surface area contributed by atoms with Gasteiger partial charge in [0, 0.05) is 23.4 Å². The summed E-state index contributed by atoms with van der Waals surface area (Å²) in [6.45, 7) is 26.2. The number of carbonyl (C=O) groups is 2. The van der Waals surface area contributed by atoms with E-state index in [9.17, 15) is 9.59 Å². The second-order valence-corrected chi connectivity index (χ2v) is 13.8. The quantitative estimate of drug-likeness (QED) is 0.350. The van der Waals surface area contributed by atoms with Crippen molar-refractivity contribution in [1.82, 2.24) is 4.98 Å². The molecule has 1 aliphatic rings. The van der Waals surface area contributed by atoms with Gasteiger partial charge in [-0.15, -0.1) is 0 Å². The first kappa shape index (κ1) is 30.4. The number of ether oxygens (including phenoxy) is 1. The Labute approximate surface area is 220 Å². The maximum Gasteiger partial charge on any atom is 0.342 e. The van der Waals surface area contributed by atoms with Crippen LogP contribution in [0.15, 0.2) is 6.20 Å². The lowest BCUT2D eigenvalue weighted by atomic mass is 9.59. The summed E-state index contributed by atoms with van der Waals surface area (Å²) < 4.78 is 6.53. The van der Waals surface area contributed by atoms with Crippen LogP contribution < -0.4 is 5.32 Å². The Kier molecular flexibility index (Phi) is 9.56. The number of aromatic amines is 1. The fraction of sp³-hybridized carbons (Fsp3) is 0.806. The van der Waals surface area contributed by atoms with E-state index in [1.165, 1.54) is 0 Å². The minimum absolute atomic E-state index is 0.0160. The predicted octanol–water partition coefficient (Wildman–Crippen LogP) is 8.57. The van der Waals surface area contributed by atoms with Crippen LogP contribution in [0.5, 0.6) is 0 Å². The van der Waals surface area contributed by atoms with Crippen LogP contribution in [0.1, 0.15) is 137 Å². The van der Waals surface area contributed by atoms with Crippen molar-refractivity contribution in [3.05, 3.63) is 17.3 Å². The molecule has 1 aliphatic carbocycles. The van der Waals surface area contributed by atoms with Gasteiger partial charge in [-0.3, -0.25) is 4.79 Å². The molecule has 2 unspecified atom stereocenters. The zero-order chi connectivity index (χ0) is 27.6. The Bertz CT molecular complexity index is 864. The van der Waals surface area contributed by atoms with Crippen LogP contribution in [0.4, 0.5) is 5.82 Å². The molecule has 2 N–H and O–H groups in total. The lowest BCUT2D eigenvalue weighted by Crippen LogP contribution is -2.49. The monoisotopic (exact) mass is 502 g/mol. The fourth-order valence-corrected chi connectivity index (χ4v) is 6.24. The zero-order valence-electron chi connectivity index (χ0n) is 25.2. The van der Waals surface area contributed by atoms with Gasteiger partial charge in [0.2, 0.25) is 5.91 Å². The molecule has 5 heteroatoms. The third-order valence-electron chi connectivity index (χ3n) is 9.06. The molecule has 36 heavy (non-hydrogen) atoms. The fourth-order valence-electron chi connectivity index (χ4n) is 6.24. The first-order chi connectivity index (χ1) is 16.5. The molecule has 1 aromatic heterocycles. The molecule has 0 bridgehead atoms. The van der Waals surface area contributed by atoms with Gasteiger partial charge in [0.05, 0.1) is 0 Å². The molecule has 1 amide bonds. The van der Waals surface area contributed by atoms with E-state index in [4.69, 9.17) is 4.74 Å². The Morgan fingerprint density at radius 2 is 1.44 bits per heavy atom. The van der Waals surface area contributed by atoms with E-state index in [0.29, 0.717) is 17.3 Å². The standard InChI is InChI=1S/C31H54N2O3/c1-13-31(14-2,15-3)28(35)33-26-24(21(18-32-26)19(4)5)27(34)36-25-22(29(7,8)9)16-20(6)17-23(25)30(10,11)12/h18-20,22-23,25,32H,13-17H2,1-12H3,(H,33,35). The molecular weight excluding hydrogens is 448 g/mol. The lowest BCUT2D eigenvalue weighted by molar-refractivity contribution is -0.126. The maximum absolute atomic E-state index is 14.0. The van der Waals surface area contributed by atoms with Gasteiger partial charge >= 0.3 is 5.97 Å². The van der Waals surface area contributed by atoms with E-state index in [0.717, 1.165) is 37.7 Å². The van der Waals surface area contributed by atoms with Gasteiger partial charge in [-0.2, -0.15) is 0 Å². The van der Waals surface area contributed by atoms with Gasteiger partial charge in [0.1, 0.15) is 17.5 Å². The number of esters is 1. The van der Waals surface area contributed by atoms with Gasteiger partial charge in [-0.05, 0) is 60.3 Å². The third-order valence-corrected chi connectivity index (χ3v) is 9.06. The van der Waals surface area contributed by atoms with E-state index in [-0.39, 0.29) is 46.6 Å². The van der Waals surface area contributed by atoms with Gasteiger partial charge < -0.3 is 15.0 Å². The van der Waals surface area contributed by atoms with Gasteiger partial charge in [0.15, 0.2) is 0 Å². The van der Waals surface area contributed by atoms with Crippen LogP contribution in [-0.4, -0.2) is 23.0 Å². The summed E-state index contributed by atoms with van der Waals surface area (Å²) in [5.74, 6) is 1.35. The zero-order valence-corrected chi connectivity index (χ0v) is 25.2. The van der Waals surface area contributed by atoms with Crippen LogP contribution in [0.3, 0.4) is 0 Å². The number of hydrogen-bond donors (Lipinski definition) is 2. The minimum Gasteiger partial charge on any atom is -0.458 e. The van der Waals surface area contributed by atoms with Crippen molar-refractivity contribution in [3.8, 4) is 0 Å². The van der Waals surface area contributed by atoms with Crippen molar-refractivity contribution in [2.24, 2.45) is 34.0 Å². The number of nitrogens with one attached hydrogen (secondary N) is 2. The number of hydrogen-bond acceptors (Lipinski definition) is 3. The number of rotatable bonds is 8. The normalized spacial score (nSPS) is 23.6. The van der Waals surface area contributed by atoms with Crippen molar-refractivity contribution in [2.75, 3.05) is 5.32 Å². The Balaban J connectivity index is 2.50. The van der Waals surface area contributed by atoms with Gasteiger partial charge in [-0.1, -0.05) is 83.1 Å². The summed E-state index contributed by atoms with van der Waals surface area (Å²) in [6.07, 6.45) is 6.04. The van der Waals surface area contributed by atoms with Crippen molar-refractivity contribution < 1.29 is 14.3 Å². The molecule has 206 valence electrons. The van der Waals surface area contributed by atoms with E-state index < -0.39 is 5.41 Å². The molecular formula is C31H54N2O3. The molecule has 0 aromatic carbocycles. The van der Waals surface area contributed by atoms with E-state index in [2.05, 4.69) is 93.4 Å². The van der Waals surface area contributed by atoms with Crippen molar-refractivity contribution >= 4 is 17.7 Å². The first-order valence-corrected chi connectivity index (χ1v) is 14.3. The highest BCUT2D eigenvalue weighted by molar-refractivity contribution is 6.03. The summed E-state index contributed by atoms with van der Waals surface area (Å²) in [5, 5.41) is 3.09. The van der Waals surface area contributed by atoms with Crippen molar-refractivity contribution in [1.29, 1.82) is 0 Å². The van der Waals surface area contributed by atoms with E-state index >= 15 is 0 Å². The van der Waals surface area contributed by atoms with Crippen LogP contribution in [0.2, 0.25) is 0 Å². The van der Waals surface area contributed by atoms with E-state index in [1.807, 2.05) is 6.20 Å². The third kappa shape index (κ3) is 6.37. The summed E-state index contributed by atoms with van der Waals surface area (Å²) in [6, 6.07) is 0. The second-order valence-electron chi connectivity index (χ2n) is 13.8. The predicted molar refractivity (Wildman–Crippen MR) is 150 cm³/mol. The number of carbonyl (C=O) groups excluding carboxylic acids is 2. The molecule has 0 spiro atoms. The largest absolute Gasteiger partial charge is 0.458 e. The number of amides is 1. The number of aromatic nitrogens is 1. The van der Waals surface area contributed by atoms with E-state index in [1.54, 1.807) is 0 Å². The maximum atomic E-state index is 14.0. The molecule has 2 rings (SSSR count). The molecule has 1 heterocycles. The molecule has 1 saturated carbocycles. The summed E-state index contributed by atoms with van der Waals surface area (Å²) in [4.78, 5) is 30.6. The molecule has 5 nitrogen and oxygen atoms in total. The number of anilines is 1. The van der Waals surface area contributed by atoms with Crippen LogP contribution in [-0.2, 0) is 9.53 Å². The molecule has 0 aliphatic heterocycles. The van der Waals surface area contributed by atoms with Crippen LogP contribution in [0.25, 0.3) is 0 Å². The number of H-pyrrole nitrogens is 1. The summed E-state index contributed by atoms with van der Waals surface area (Å²) in [7, 11) is 0. The molecule has 1 aromatic rings. The van der Waals surface area contributed by atoms with Crippen molar-refractivity contribution in [2.45, 2.75) is 127 Å².